The summed E-state index contributed by atoms with van der Waals surface area (Å²) >= 11 is 1.43. The number of carbonyl (C=O) groups excluding carboxylic acids is 2. The third kappa shape index (κ3) is 1.93. The van der Waals surface area contributed by atoms with Gasteiger partial charge in [-0.2, -0.15) is 11.8 Å². The Labute approximate surface area is 88.2 Å². The number of thioether (sulfide) groups is 1. The van der Waals surface area contributed by atoms with Gasteiger partial charge >= 0.3 is 0 Å². The normalized spacial score (nSPS) is 24.5. The average molecular weight is 216 g/mol. The number of rotatable bonds is 4. The minimum absolute atomic E-state index is 0.0696. The fourth-order valence-corrected chi connectivity index (χ4v) is 2.27. The highest BCUT2D eigenvalue weighted by molar-refractivity contribution is 8.00. The van der Waals surface area contributed by atoms with Crippen LogP contribution in [0.5, 0.6) is 0 Å². The van der Waals surface area contributed by atoms with E-state index in [0.29, 0.717) is 13.0 Å². The van der Waals surface area contributed by atoms with Gasteiger partial charge in [-0.25, -0.2) is 0 Å². The molecule has 0 aromatic heterocycles. The molecule has 14 heavy (non-hydrogen) atoms. The maximum Gasteiger partial charge on any atom is 0.243 e. The first kappa shape index (κ1) is 11.5. The number of nitrogens with two attached hydrogens (primary N) is 1. The Morgan fingerprint density at radius 1 is 1.64 bits per heavy atom. The summed E-state index contributed by atoms with van der Waals surface area (Å²) in [4.78, 5) is 24.6. The smallest absolute Gasteiger partial charge is 0.243 e. The summed E-state index contributed by atoms with van der Waals surface area (Å²) in [6.07, 6.45) is 2.91. The van der Waals surface area contributed by atoms with Crippen molar-refractivity contribution in [1.82, 2.24) is 4.90 Å². The second-order valence-electron chi connectivity index (χ2n) is 3.33. The zero-order chi connectivity index (χ0) is 10.7. The van der Waals surface area contributed by atoms with E-state index < -0.39 is 0 Å². The van der Waals surface area contributed by atoms with Crippen molar-refractivity contribution in [2.45, 2.75) is 31.1 Å². The quantitative estimate of drug-likeness (QED) is 0.683. The summed E-state index contributed by atoms with van der Waals surface area (Å²) < 4.78 is 0. The lowest BCUT2D eigenvalue weighted by Crippen LogP contribution is -2.44. The van der Waals surface area contributed by atoms with Crippen molar-refractivity contribution in [3.8, 4) is 0 Å². The molecule has 0 spiro atoms. The van der Waals surface area contributed by atoms with Crippen LogP contribution in [0.15, 0.2) is 0 Å². The van der Waals surface area contributed by atoms with Crippen molar-refractivity contribution in [3.63, 3.8) is 0 Å². The molecule has 2 atom stereocenters. The molecule has 4 nitrogen and oxygen atoms in total. The first-order valence-corrected chi connectivity index (χ1v) is 6.03. The monoisotopic (exact) mass is 216 g/mol. The van der Waals surface area contributed by atoms with E-state index in [1.807, 2.05) is 13.2 Å². The van der Waals surface area contributed by atoms with E-state index in [1.165, 1.54) is 16.7 Å². The maximum atomic E-state index is 11.7. The highest BCUT2D eigenvalue weighted by atomic mass is 32.2. The fraction of sp³-hybridized carbons (Fsp3) is 0.778. The van der Waals surface area contributed by atoms with Crippen LogP contribution in [0.3, 0.4) is 0 Å². The summed E-state index contributed by atoms with van der Waals surface area (Å²) in [7, 11) is 0. The van der Waals surface area contributed by atoms with Crippen LogP contribution in [0, 0.1) is 0 Å². The minimum atomic E-state index is -0.192. The molecule has 2 unspecified atom stereocenters. The first-order valence-electron chi connectivity index (χ1n) is 4.74. The maximum absolute atomic E-state index is 11.7. The number of nitrogens with zero attached hydrogens (tertiary/aromatic N) is 1. The number of carbonyl (C=O) groups is 2. The molecule has 0 radical (unpaired) electrons. The van der Waals surface area contributed by atoms with E-state index in [1.54, 1.807) is 0 Å². The van der Waals surface area contributed by atoms with Crippen molar-refractivity contribution in [2.75, 3.05) is 12.8 Å². The Morgan fingerprint density at radius 3 is 2.64 bits per heavy atom. The molecular weight excluding hydrogens is 200 g/mol. The van der Waals surface area contributed by atoms with E-state index in [-0.39, 0.29) is 23.1 Å². The van der Waals surface area contributed by atoms with Gasteiger partial charge in [0.2, 0.25) is 11.8 Å². The predicted octanol–water partition coefficient (Wildman–Crippen LogP) is 0.214. The zero-order valence-electron chi connectivity index (χ0n) is 8.53. The molecule has 2 amide bonds. The third-order valence-corrected chi connectivity index (χ3v) is 3.47. The first-order chi connectivity index (χ1) is 6.65. The number of imide groups is 1. The summed E-state index contributed by atoms with van der Waals surface area (Å²) in [6.45, 7) is 2.29. The molecule has 1 heterocycles. The highest BCUT2D eigenvalue weighted by Crippen LogP contribution is 2.25. The van der Waals surface area contributed by atoms with Gasteiger partial charge in [0.15, 0.2) is 0 Å². The van der Waals surface area contributed by atoms with Crippen molar-refractivity contribution >= 4 is 23.6 Å². The topological polar surface area (TPSA) is 63.4 Å². The van der Waals surface area contributed by atoms with Crippen LogP contribution in [0.2, 0.25) is 0 Å². The van der Waals surface area contributed by atoms with Gasteiger partial charge in [-0.05, 0) is 12.7 Å². The van der Waals surface area contributed by atoms with Gasteiger partial charge in [0, 0.05) is 13.0 Å². The van der Waals surface area contributed by atoms with Gasteiger partial charge in [-0.3, -0.25) is 14.5 Å². The van der Waals surface area contributed by atoms with Gasteiger partial charge in [0.25, 0.3) is 0 Å². The van der Waals surface area contributed by atoms with Gasteiger partial charge in [-0.15, -0.1) is 0 Å². The molecule has 1 rings (SSSR count). The predicted molar refractivity (Wildman–Crippen MR) is 56.9 cm³/mol. The minimum Gasteiger partial charge on any atom is -0.328 e. The van der Waals surface area contributed by atoms with Crippen LogP contribution >= 0.6 is 11.8 Å². The molecule has 2 N–H and O–H groups in total. The molecule has 1 aliphatic rings. The lowest BCUT2D eigenvalue weighted by atomic mass is 10.2. The Hall–Kier alpha value is -0.550. The fourth-order valence-electron chi connectivity index (χ4n) is 1.64. The molecule has 1 aliphatic heterocycles. The van der Waals surface area contributed by atoms with Crippen LogP contribution in [0.25, 0.3) is 0 Å². The van der Waals surface area contributed by atoms with Crippen LogP contribution in [-0.4, -0.2) is 40.8 Å². The number of likely N-dealkylation sites (tertiary alicyclic amines) is 1. The second-order valence-corrected chi connectivity index (χ2v) is 4.37. The van der Waals surface area contributed by atoms with E-state index >= 15 is 0 Å². The highest BCUT2D eigenvalue weighted by Gasteiger charge is 2.40. The average Bonchev–Trinajstić information content (AvgIpc) is 2.46. The van der Waals surface area contributed by atoms with Gasteiger partial charge in [-0.1, -0.05) is 6.92 Å². The summed E-state index contributed by atoms with van der Waals surface area (Å²) in [5, 5.41) is -0.192. The molecule has 1 fully saturated rings. The van der Waals surface area contributed by atoms with E-state index in [2.05, 4.69) is 0 Å². The largest absolute Gasteiger partial charge is 0.328 e. The number of amides is 2. The van der Waals surface area contributed by atoms with Crippen LogP contribution < -0.4 is 5.73 Å². The second kappa shape index (κ2) is 4.79. The molecule has 0 aromatic carbocycles. The molecule has 0 bridgehead atoms. The van der Waals surface area contributed by atoms with Crippen molar-refractivity contribution in [3.05, 3.63) is 0 Å². The molecule has 0 aliphatic carbocycles. The van der Waals surface area contributed by atoms with Crippen molar-refractivity contribution < 1.29 is 9.59 Å². The standard InChI is InChI=1S/C9H16N2O2S/c1-3-6(5-10)11-8(12)4-7(14-2)9(11)13/h6-7H,3-5,10H2,1-2H3. The molecule has 0 aromatic rings. The lowest BCUT2D eigenvalue weighted by Gasteiger charge is -2.23. The summed E-state index contributed by atoms with van der Waals surface area (Å²) in [5.74, 6) is -0.147. The third-order valence-electron chi connectivity index (χ3n) is 2.53. The van der Waals surface area contributed by atoms with Crippen LogP contribution in [0.4, 0.5) is 0 Å². The molecule has 1 saturated heterocycles. The molecular formula is C9H16N2O2S. The summed E-state index contributed by atoms with van der Waals surface area (Å²) in [5.41, 5.74) is 5.52. The van der Waals surface area contributed by atoms with Gasteiger partial charge in [0.05, 0.1) is 11.3 Å². The number of hydrogen-bond donors (Lipinski definition) is 1. The van der Waals surface area contributed by atoms with Crippen molar-refractivity contribution in [1.29, 1.82) is 0 Å². The molecule has 0 saturated carbocycles. The Morgan fingerprint density at radius 2 is 2.29 bits per heavy atom. The Balaban J connectivity index is 2.78. The van der Waals surface area contributed by atoms with E-state index in [0.717, 1.165) is 6.42 Å². The Kier molecular flexibility index (Phi) is 3.95. The summed E-state index contributed by atoms with van der Waals surface area (Å²) in [6, 6.07) is -0.118. The zero-order valence-corrected chi connectivity index (χ0v) is 9.34. The molecule has 80 valence electrons. The van der Waals surface area contributed by atoms with E-state index in [4.69, 9.17) is 5.73 Å². The van der Waals surface area contributed by atoms with Crippen molar-refractivity contribution in [2.24, 2.45) is 5.73 Å². The van der Waals surface area contributed by atoms with Crippen LogP contribution in [-0.2, 0) is 9.59 Å². The Bertz CT molecular complexity index is 241. The van der Waals surface area contributed by atoms with Gasteiger partial charge in [0.1, 0.15) is 0 Å². The van der Waals surface area contributed by atoms with Crippen LogP contribution in [0.1, 0.15) is 19.8 Å². The van der Waals surface area contributed by atoms with Gasteiger partial charge < -0.3 is 5.73 Å². The SMILES string of the molecule is CCC(CN)N1C(=O)CC(SC)C1=O. The lowest BCUT2D eigenvalue weighted by molar-refractivity contribution is -0.140. The number of hydrogen-bond acceptors (Lipinski definition) is 4. The van der Waals surface area contributed by atoms with E-state index in [9.17, 15) is 9.59 Å². The molecule has 5 heteroatoms.